The summed E-state index contributed by atoms with van der Waals surface area (Å²) in [6.07, 6.45) is 11.7. The van der Waals surface area contributed by atoms with Gasteiger partial charge in [-0.1, -0.05) is 11.3 Å². The zero-order chi connectivity index (χ0) is 21.5. The van der Waals surface area contributed by atoms with Crippen LogP contribution in [0.4, 0.5) is 16.6 Å². The molecule has 3 aromatic rings. The maximum absolute atomic E-state index is 6.04. The van der Waals surface area contributed by atoms with Crippen molar-refractivity contribution < 1.29 is 4.74 Å². The lowest BCUT2D eigenvalue weighted by atomic mass is 10.1. The first-order valence-corrected chi connectivity index (χ1v) is 12.4. The van der Waals surface area contributed by atoms with Crippen LogP contribution in [0.25, 0.3) is 10.3 Å². The summed E-state index contributed by atoms with van der Waals surface area (Å²) in [5, 5.41) is 1.10. The molecule has 2 fully saturated rings. The van der Waals surface area contributed by atoms with Crippen LogP contribution in [0.5, 0.6) is 0 Å². The Morgan fingerprint density at radius 1 is 0.969 bits per heavy atom. The van der Waals surface area contributed by atoms with Crippen molar-refractivity contribution >= 4 is 38.3 Å². The highest BCUT2D eigenvalue weighted by Gasteiger charge is 2.30. The summed E-state index contributed by atoms with van der Waals surface area (Å²) in [5.41, 5.74) is 4.02. The van der Waals surface area contributed by atoms with Crippen LogP contribution in [0.3, 0.4) is 0 Å². The predicted molar refractivity (Wildman–Crippen MR) is 129 cm³/mol. The first kappa shape index (κ1) is 19.8. The van der Waals surface area contributed by atoms with Crippen LogP contribution < -0.4 is 14.7 Å². The summed E-state index contributed by atoms with van der Waals surface area (Å²) in [4.78, 5) is 21.5. The van der Waals surface area contributed by atoms with Gasteiger partial charge < -0.3 is 19.4 Å². The van der Waals surface area contributed by atoms with Crippen molar-refractivity contribution in [3.8, 4) is 0 Å². The number of piperidine rings is 1. The average molecular weight is 449 g/mol. The molecule has 3 aromatic heterocycles. The Kier molecular flexibility index (Phi) is 5.09. The molecule has 166 valence electrons. The highest BCUT2D eigenvalue weighted by atomic mass is 32.1. The Bertz CT molecular complexity index is 1150. The van der Waals surface area contributed by atoms with Gasteiger partial charge in [0, 0.05) is 49.8 Å². The molecule has 3 aliphatic heterocycles. The molecule has 1 unspecified atom stereocenters. The second-order valence-corrected chi connectivity index (χ2v) is 9.81. The zero-order valence-corrected chi connectivity index (χ0v) is 19.2. The molecule has 7 nitrogen and oxygen atoms in total. The fourth-order valence-electron chi connectivity index (χ4n) is 4.89. The number of hydrogen-bond donors (Lipinski definition) is 0. The van der Waals surface area contributed by atoms with Crippen LogP contribution in [-0.2, 0) is 4.74 Å². The van der Waals surface area contributed by atoms with Gasteiger partial charge in [-0.2, -0.15) is 4.98 Å². The molecule has 0 radical (unpaired) electrons. The molecule has 6 rings (SSSR count). The molecule has 0 saturated carbocycles. The van der Waals surface area contributed by atoms with Crippen LogP contribution in [0.2, 0.25) is 0 Å². The van der Waals surface area contributed by atoms with Gasteiger partial charge in [-0.3, -0.25) is 4.98 Å². The van der Waals surface area contributed by atoms with Crippen molar-refractivity contribution in [2.75, 3.05) is 40.9 Å². The van der Waals surface area contributed by atoms with Gasteiger partial charge in [0.05, 0.1) is 10.4 Å². The molecule has 3 aliphatic rings. The number of anilines is 3. The van der Waals surface area contributed by atoms with Crippen molar-refractivity contribution in [1.82, 2.24) is 15.0 Å². The van der Waals surface area contributed by atoms with E-state index in [4.69, 9.17) is 14.7 Å². The Balaban J connectivity index is 1.43. The topological polar surface area (TPSA) is 57.6 Å². The van der Waals surface area contributed by atoms with E-state index in [0.717, 1.165) is 64.4 Å². The Labute approximate surface area is 192 Å². The number of ether oxygens (including phenoxy) is 1. The van der Waals surface area contributed by atoms with E-state index in [2.05, 4.69) is 31.8 Å². The van der Waals surface area contributed by atoms with Gasteiger partial charge in [-0.05, 0) is 57.2 Å². The smallest absolute Gasteiger partial charge is 0.202 e. The van der Waals surface area contributed by atoms with Gasteiger partial charge in [0.1, 0.15) is 6.26 Å². The number of pyridine rings is 2. The van der Waals surface area contributed by atoms with E-state index in [1.807, 2.05) is 25.4 Å². The fourth-order valence-corrected chi connectivity index (χ4v) is 5.88. The molecule has 0 N–H and O–H groups in total. The van der Waals surface area contributed by atoms with E-state index in [0.29, 0.717) is 0 Å². The highest BCUT2D eigenvalue weighted by molar-refractivity contribution is 7.22. The zero-order valence-electron chi connectivity index (χ0n) is 18.4. The van der Waals surface area contributed by atoms with E-state index in [9.17, 15) is 0 Å². The number of hydrogen-bond acceptors (Lipinski definition) is 8. The number of thiazole rings is 1. The van der Waals surface area contributed by atoms with Crippen LogP contribution in [0, 0.1) is 6.92 Å². The van der Waals surface area contributed by atoms with Crippen molar-refractivity contribution in [2.24, 2.45) is 0 Å². The maximum atomic E-state index is 6.04. The SMILES string of the molecule is Cc1cc(C2OC=CN2c2cc3sc(N4CCCCC4)nc3nc2N2CCCC2)ccn1. The first-order chi connectivity index (χ1) is 15.8. The summed E-state index contributed by atoms with van der Waals surface area (Å²) in [5.74, 6) is 1.01. The predicted octanol–water partition coefficient (Wildman–Crippen LogP) is 4.99. The van der Waals surface area contributed by atoms with Crippen molar-refractivity contribution in [1.29, 1.82) is 0 Å². The van der Waals surface area contributed by atoms with E-state index >= 15 is 0 Å². The minimum atomic E-state index is -0.216. The molecule has 0 aliphatic carbocycles. The first-order valence-electron chi connectivity index (χ1n) is 11.6. The molecule has 1 atom stereocenters. The Morgan fingerprint density at radius 2 is 1.75 bits per heavy atom. The van der Waals surface area contributed by atoms with Crippen LogP contribution >= 0.6 is 11.3 Å². The lowest BCUT2D eigenvalue weighted by Gasteiger charge is -2.29. The maximum Gasteiger partial charge on any atom is 0.202 e. The second-order valence-electron chi connectivity index (χ2n) is 8.80. The molecular weight excluding hydrogens is 420 g/mol. The van der Waals surface area contributed by atoms with Gasteiger partial charge in [0.15, 0.2) is 16.6 Å². The lowest BCUT2D eigenvalue weighted by molar-refractivity contribution is 0.174. The van der Waals surface area contributed by atoms with E-state index < -0.39 is 0 Å². The van der Waals surface area contributed by atoms with Crippen LogP contribution in [0.1, 0.15) is 49.6 Å². The van der Waals surface area contributed by atoms with Crippen molar-refractivity contribution in [3.63, 3.8) is 0 Å². The molecule has 0 bridgehead atoms. The number of aryl methyl sites for hydroxylation is 1. The third-order valence-corrected chi connectivity index (χ3v) is 7.58. The molecule has 0 aromatic carbocycles. The van der Waals surface area contributed by atoms with Crippen LogP contribution in [0.15, 0.2) is 36.9 Å². The van der Waals surface area contributed by atoms with E-state index in [1.165, 1.54) is 32.1 Å². The molecule has 32 heavy (non-hydrogen) atoms. The highest BCUT2D eigenvalue weighted by Crippen LogP contribution is 2.42. The second kappa shape index (κ2) is 8.24. The Morgan fingerprint density at radius 3 is 2.56 bits per heavy atom. The third-order valence-electron chi connectivity index (χ3n) is 6.53. The number of nitrogens with zero attached hydrogens (tertiary/aromatic N) is 6. The minimum Gasteiger partial charge on any atom is -0.472 e. The molecule has 0 spiro atoms. The van der Waals surface area contributed by atoms with Crippen molar-refractivity contribution in [2.45, 2.75) is 45.3 Å². The van der Waals surface area contributed by atoms with Gasteiger partial charge in [0.2, 0.25) is 6.23 Å². The largest absolute Gasteiger partial charge is 0.472 e. The summed E-state index contributed by atoms with van der Waals surface area (Å²) in [6, 6.07) is 6.38. The van der Waals surface area contributed by atoms with Gasteiger partial charge in [-0.25, -0.2) is 4.98 Å². The number of rotatable bonds is 4. The quantitative estimate of drug-likeness (QED) is 0.557. The molecular formula is C24H28N6OS. The normalized spacial score (nSPS) is 21.0. The molecule has 2 saturated heterocycles. The van der Waals surface area contributed by atoms with Crippen molar-refractivity contribution in [3.05, 3.63) is 48.1 Å². The number of fused-ring (bicyclic) bond motifs is 1. The van der Waals surface area contributed by atoms with E-state index in [-0.39, 0.29) is 6.23 Å². The average Bonchev–Trinajstić information content (AvgIpc) is 3.59. The monoisotopic (exact) mass is 448 g/mol. The standard InChI is InChI=1S/C24H28N6OS/c1-17-15-18(7-8-25-17)23-30(13-14-31-23)19-16-20-21(26-22(19)28-9-5-6-10-28)27-24(32-20)29-11-3-2-4-12-29/h7-8,13-16,23H,2-6,9-12H2,1H3. The van der Waals surface area contributed by atoms with Gasteiger partial charge in [-0.15, -0.1) is 0 Å². The Hall–Kier alpha value is -2.87. The summed E-state index contributed by atoms with van der Waals surface area (Å²) >= 11 is 1.76. The summed E-state index contributed by atoms with van der Waals surface area (Å²) < 4.78 is 7.17. The summed E-state index contributed by atoms with van der Waals surface area (Å²) in [6.45, 7) is 6.27. The fraction of sp³-hybridized carbons (Fsp3) is 0.458. The van der Waals surface area contributed by atoms with Gasteiger partial charge >= 0.3 is 0 Å². The molecule has 0 amide bonds. The third kappa shape index (κ3) is 3.56. The summed E-state index contributed by atoms with van der Waals surface area (Å²) in [7, 11) is 0. The molecule has 6 heterocycles. The minimum absolute atomic E-state index is 0.216. The van der Waals surface area contributed by atoms with E-state index in [1.54, 1.807) is 17.6 Å². The number of aromatic nitrogens is 3. The van der Waals surface area contributed by atoms with Gasteiger partial charge in [0.25, 0.3) is 0 Å². The van der Waals surface area contributed by atoms with Crippen LogP contribution in [-0.4, -0.2) is 41.1 Å². The molecule has 8 heteroatoms. The lowest BCUT2D eigenvalue weighted by Crippen LogP contribution is -2.29.